The fourth-order valence-corrected chi connectivity index (χ4v) is 3.15. The van der Waals surface area contributed by atoms with Crippen LogP contribution < -0.4 is 5.32 Å². The first kappa shape index (κ1) is 18.5. The average Bonchev–Trinajstić information content (AvgIpc) is 2.77. The van der Waals surface area contributed by atoms with Crippen LogP contribution in [0.15, 0.2) is 0 Å². The Morgan fingerprint density at radius 3 is 2.48 bits per heavy atom. The third kappa shape index (κ3) is 5.63. The van der Waals surface area contributed by atoms with Gasteiger partial charge in [0.25, 0.3) is 0 Å². The molecule has 1 aromatic heterocycles. The van der Waals surface area contributed by atoms with E-state index >= 15 is 0 Å². The molecule has 122 valence electrons. The Bertz CT molecular complexity index is 412. The smallest absolute Gasteiger partial charge is 0.0849 e. The van der Waals surface area contributed by atoms with Crippen LogP contribution in [0.5, 0.6) is 0 Å². The van der Waals surface area contributed by atoms with Crippen molar-refractivity contribution in [1.29, 1.82) is 0 Å². The lowest BCUT2D eigenvalue weighted by Crippen LogP contribution is -2.31. The van der Waals surface area contributed by atoms with Crippen molar-refractivity contribution in [2.24, 2.45) is 5.92 Å². The van der Waals surface area contributed by atoms with Crippen LogP contribution in [0.3, 0.4) is 0 Å². The molecule has 1 N–H and O–H groups in total. The van der Waals surface area contributed by atoms with Crippen LogP contribution in [-0.4, -0.2) is 22.4 Å². The Hall–Kier alpha value is -0.540. The van der Waals surface area contributed by atoms with Gasteiger partial charge in [0.05, 0.1) is 16.4 Å². The Labute approximate surface area is 135 Å². The van der Waals surface area contributed by atoms with E-state index in [9.17, 15) is 0 Å². The zero-order chi connectivity index (χ0) is 15.8. The number of aryl methyl sites for hydroxylation is 2. The largest absolute Gasteiger partial charge is 0.314 e. The molecule has 0 radical (unpaired) electrons. The third-order valence-corrected chi connectivity index (χ3v) is 4.30. The summed E-state index contributed by atoms with van der Waals surface area (Å²) in [5, 5.41) is 9.18. The van der Waals surface area contributed by atoms with Crippen LogP contribution in [0.25, 0.3) is 0 Å². The summed E-state index contributed by atoms with van der Waals surface area (Å²) in [6.45, 7) is 13.0. The second-order valence-electron chi connectivity index (χ2n) is 6.20. The standard InChI is InChI=1S/C17H32ClN3/c1-6-11-19-14(12-13(4)5)9-10-16-17(18)15(7-2)20-21(16)8-3/h13-14,19H,6-12H2,1-5H3. The summed E-state index contributed by atoms with van der Waals surface area (Å²) >= 11 is 6.50. The van der Waals surface area contributed by atoms with Gasteiger partial charge in [-0.25, -0.2) is 0 Å². The van der Waals surface area contributed by atoms with Crippen molar-refractivity contribution < 1.29 is 0 Å². The molecule has 0 aliphatic carbocycles. The third-order valence-electron chi connectivity index (χ3n) is 3.86. The van der Waals surface area contributed by atoms with Gasteiger partial charge in [-0.05, 0) is 51.5 Å². The van der Waals surface area contributed by atoms with E-state index in [0.717, 1.165) is 49.0 Å². The number of hydrogen-bond acceptors (Lipinski definition) is 2. The van der Waals surface area contributed by atoms with Crippen molar-refractivity contribution in [3.05, 3.63) is 16.4 Å². The zero-order valence-electron chi connectivity index (χ0n) is 14.4. The topological polar surface area (TPSA) is 29.9 Å². The van der Waals surface area contributed by atoms with Crippen LogP contribution in [0.2, 0.25) is 5.02 Å². The molecule has 0 aliphatic rings. The molecule has 0 aliphatic heterocycles. The molecular weight excluding hydrogens is 282 g/mol. The number of nitrogens with one attached hydrogen (secondary N) is 1. The summed E-state index contributed by atoms with van der Waals surface area (Å²) in [6.07, 6.45) is 5.45. The number of nitrogens with zero attached hydrogens (tertiary/aromatic N) is 2. The van der Waals surface area contributed by atoms with Crippen LogP contribution in [0.4, 0.5) is 0 Å². The molecule has 0 bridgehead atoms. The van der Waals surface area contributed by atoms with Gasteiger partial charge in [-0.1, -0.05) is 39.3 Å². The first-order chi connectivity index (χ1) is 10.0. The van der Waals surface area contributed by atoms with E-state index < -0.39 is 0 Å². The predicted octanol–water partition coefficient (Wildman–Crippen LogP) is 4.47. The summed E-state index contributed by atoms with van der Waals surface area (Å²) in [5.41, 5.74) is 2.25. The lowest BCUT2D eigenvalue weighted by molar-refractivity contribution is 0.395. The average molecular weight is 314 g/mol. The maximum absolute atomic E-state index is 6.50. The number of hydrogen-bond donors (Lipinski definition) is 1. The predicted molar refractivity (Wildman–Crippen MR) is 92.1 cm³/mol. The maximum Gasteiger partial charge on any atom is 0.0849 e. The van der Waals surface area contributed by atoms with Gasteiger partial charge < -0.3 is 5.32 Å². The summed E-state index contributed by atoms with van der Waals surface area (Å²) in [4.78, 5) is 0. The van der Waals surface area contributed by atoms with Crippen LogP contribution in [0.1, 0.15) is 65.3 Å². The molecular formula is C17H32ClN3. The highest BCUT2D eigenvalue weighted by atomic mass is 35.5. The van der Waals surface area contributed by atoms with E-state index in [1.54, 1.807) is 0 Å². The maximum atomic E-state index is 6.50. The van der Waals surface area contributed by atoms with Crippen molar-refractivity contribution in [3.63, 3.8) is 0 Å². The Kier molecular flexibility index (Phi) is 8.35. The minimum Gasteiger partial charge on any atom is -0.314 e. The van der Waals surface area contributed by atoms with E-state index in [-0.39, 0.29) is 0 Å². The summed E-state index contributed by atoms with van der Waals surface area (Å²) in [5.74, 6) is 0.720. The second-order valence-corrected chi connectivity index (χ2v) is 6.57. The molecule has 0 spiro atoms. The minimum atomic E-state index is 0.575. The summed E-state index contributed by atoms with van der Waals surface area (Å²) in [6, 6.07) is 0.575. The van der Waals surface area contributed by atoms with Crippen LogP contribution in [0, 0.1) is 5.92 Å². The van der Waals surface area contributed by atoms with Crippen molar-refractivity contribution in [2.45, 2.75) is 79.3 Å². The fraction of sp³-hybridized carbons (Fsp3) is 0.824. The quantitative estimate of drug-likeness (QED) is 0.691. The first-order valence-corrected chi connectivity index (χ1v) is 8.88. The number of rotatable bonds is 10. The monoisotopic (exact) mass is 313 g/mol. The molecule has 0 saturated carbocycles. The van der Waals surface area contributed by atoms with Gasteiger partial charge in [-0.3, -0.25) is 4.68 Å². The minimum absolute atomic E-state index is 0.575. The highest BCUT2D eigenvalue weighted by Gasteiger charge is 2.17. The normalized spacial score (nSPS) is 13.1. The molecule has 1 unspecified atom stereocenters. The van der Waals surface area contributed by atoms with E-state index in [1.807, 2.05) is 0 Å². The van der Waals surface area contributed by atoms with E-state index in [0.29, 0.717) is 6.04 Å². The van der Waals surface area contributed by atoms with Gasteiger partial charge in [0.1, 0.15) is 0 Å². The van der Waals surface area contributed by atoms with Gasteiger partial charge >= 0.3 is 0 Å². The molecule has 3 nitrogen and oxygen atoms in total. The van der Waals surface area contributed by atoms with E-state index in [4.69, 9.17) is 11.6 Å². The molecule has 1 atom stereocenters. The van der Waals surface area contributed by atoms with E-state index in [2.05, 4.69) is 49.7 Å². The molecule has 0 aromatic carbocycles. The highest BCUT2D eigenvalue weighted by molar-refractivity contribution is 6.31. The lowest BCUT2D eigenvalue weighted by atomic mass is 9.98. The molecule has 1 rings (SSSR count). The SMILES string of the molecule is CCCNC(CCc1c(Cl)c(CC)nn1CC)CC(C)C. The Morgan fingerprint density at radius 1 is 1.24 bits per heavy atom. The van der Waals surface area contributed by atoms with Crippen molar-refractivity contribution in [3.8, 4) is 0 Å². The second kappa shape index (κ2) is 9.47. The Morgan fingerprint density at radius 2 is 1.95 bits per heavy atom. The zero-order valence-corrected chi connectivity index (χ0v) is 15.1. The van der Waals surface area contributed by atoms with Crippen LogP contribution in [-0.2, 0) is 19.4 Å². The lowest BCUT2D eigenvalue weighted by Gasteiger charge is -2.20. The molecule has 0 fully saturated rings. The first-order valence-electron chi connectivity index (χ1n) is 8.50. The molecule has 4 heteroatoms. The molecule has 0 saturated heterocycles. The van der Waals surface area contributed by atoms with Crippen LogP contribution >= 0.6 is 11.6 Å². The highest BCUT2D eigenvalue weighted by Crippen LogP contribution is 2.24. The summed E-state index contributed by atoms with van der Waals surface area (Å²) in [7, 11) is 0. The number of halogens is 1. The molecule has 0 amide bonds. The van der Waals surface area contributed by atoms with Gasteiger partial charge in [-0.2, -0.15) is 5.10 Å². The van der Waals surface area contributed by atoms with Crippen molar-refractivity contribution in [1.82, 2.24) is 15.1 Å². The van der Waals surface area contributed by atoms with Gasteiger partial charge in [-0.15, -0.1) is 0 Å². The van der Waals surface area contributed by atoms with Crippen molar-refractivity contribution >= 4 is 11.6 Å². The fourth-order valence-electron chi connectivity index (χ4n) is 2.79. The Balaban J connectivity index is 2.72. The molecule has 1 heterocycles. The summed E-state index contributed by atoms with van der Waals surface area (Å²) < 4.78 is 2.08. The molecule has 1 aromatic rings. The van der Waals surface area contributed by atoms with Gasteiger partial charge in [0.2, 0.25) is 0 Å². The van der Waals surface area contributed by atoms with Crippen molar-refractivity contribution in [2.75, 3.05) is 6.54 Å². The molecule has 21 heavy (non-hydrogen) atoms. The van der Waals surface area contributed by atoms with Gasteiger partial charge in [0.15, 0.2) is 0 Å². The van der Waals surface area contributed by atoms with E-state index in [1.165, 1.54) is 18.5 Å². The number of aromatic nitrogens is 2. The van der Waals surface area contributed by atoms with Gasteiger partial charge in [0, 0.05) is 12.6 Å².